The van der Waals surface area contributed by atoms with Crippen molar-refractivity contribution in [2.75, 3.05) is 17.3 Å². The number of nitrogens with zero attached hydrogens (tertiary/aromatic N) is 2. The minimum absolute atomic E-state index is 0.149. The molecule has 1 fully saturated rings. The van der Waals surface area contributed by atoms with Crippen LogP contribution in [0.5, 0.6) is 0 Å². The normalized spacial score (nSPS) is 20.6. The number of hydrogen-bond donors (Lipinski definition) is 0. The third-order valence-corrected chi connectivity index (χ3v) is 3.50. The second-order valence-electron chi connectivity index (χ2n) is 4.32. The monoisotopic (exact) mass is 238 g/mol. The average molecular weight is 239 g/mol. The number of aromatic nitrogens is 1. The zero-order valence-corrected chi connectivity index (χ0v) is 10.3. The fourth-order valence-corrected chi connectivity index (χ4v) is 2.12. The van der Waals surface area contributed by atoms with Gasteiger partial charge in [-0.25, -0.2) is 0 Å². The van der Waals surface area contributed by atoms with Gasteiger partial charge in [-0.05, 0) is 31.4 Å². The number of anilines is 1. The maximum absolute atomic E-state index is 11.8. The number of amides is 1. The van der Waals surface area contributed by atoms with Gasteiger partial charge in [0.05, 0.1) is 11.9 Å². The molecule has 1 atom stereocenters. The van der Waals surface area contributed by atoms with Crippen LogP contribution in [0.1, 0.15) is 17.7 Å². The van der Waals surface area contributed by atoms with Crippen LogP contribution in [0.3, 0.4) is 0 Å². The van der Waals surface area contributed by atoms with Crippen LogP contribution < -0.4 is 4.90 Å². The minimum atomic E-state index is 0.149. The summed E-state index contributed by atoms with van der Waals surface area (Å²) in [5, 5.41) is 0. The van der Waals surface area contributed by atoms with Gasteiger partial charge in [0.25, 0.3) is 0 Å². The van der Waals surface area contributed by atoms with E-state index in [1.54, 1.807) is 11.1 Å². The first-order valence-electron chi connectivity index (χ1n) is 5.41. The molecule has 1 aliphatic rings. The predicted molar refractivity (Wildman–Crippen MR) is 64.9 cm³/mol. The highest BCUT2D eigenvalue weighted by Gasteiger charge is 2.30. The lowest BCUT2D eigenvalue weighted by atomic mass is 10.1. The molecule has 3 nitrogen and oxygen atoms in total. The maximum Gasteiger partial charge on any atom is 0.227 e. The first-order valence-corrected chi connectivity index (χ1v) is 5.95. The lowest BCUT2D eigenvalue weighted by Crippen LogP contribution is -2.25. The van der Waals surface area contributed by atoms with Crippen LogP contribution in [-0.2, 0) is 4.79 Å². The molecule has 0 bridgehead atoms. The number of alkyl halides is 1. The third-order valence-electron chi connectivity index (χ3n) is 3.06. The maximum atomic E-state index is 11.8. The van der Waals surface area contributed by atoms with Crippen molar-refractivity contribution in [1.82, 2.24) is 4.98 Å². The lowest BCUT2D eigenvalue weighted by Gasteiger charge is -2.17. The van der Waals surface area contributed by atoms with E-state index < -0.39 is 0 Å². The second kappa shape index (κ2) is 4.42. The van der Waals surface area contributed by atoms with Crippen molar-refractivity contribution >= 4 is 23.2 Å². The minimum Gasteiger partial charge on any atom is -0.311 e. The number of carbonyl (C=O) groups excluding carboxylic acids is 1. The molecule has 1 unspecified atom stereocenters. The fraction of sp³-hybridized carbons (Fsp3) is 0.500. The number of aryl methyl sites for hydroxylation is 2. The first kappa shape index (κ1) is 11.4. The highest BCUT2D eigenvalue weighted by Crippen LogP contribution is 2.26. The molecule has 1 saturated heterocycles. The van der Waals surface area contributed by atoms with Crippen molar-refractivity contribution in [2.45, 2.75) is 20.3 Å². The molecule has 0 spiro atoms. The molecule has 0 N–H and O–H groups in total. The highest BCUT2D eigenvalue weighted by atomic mass is 35.5. The first-order chi connectivity index (χ1) is 7.61. The van der Waals surface area contributed by atoms with E-state index in [1.807, 2.05) is 19.9 Å². The molecule has 4 heteroatoms. The van der Waals surface area contributed by atoms with E-state index in [0.717, 1.165) is 16.9 Å². The number of hydrogen-bond acceptors (Lipinski definition) is 2. The van der Waals surface area contributed by atoms with Crippen LogP contribution in [0.4, 0.5) is 5.69 Å². The van der Waals surface area contributed by atoms with Gasteiger partial charge in [-0.2, -0.15) is 0 Å². The molecule has 1 aromatic heterocycles. The summed E-state index contributed by atoms with van der Waals surface area (Å²) in [7, 11) is 0. The summed E-state index contributed by atoms with van der Waals surface area (Å²) in [5.41, 5.74) is 3.00. The Morgan fingerprint density at radius 1 is 1.56 bits per heavy atom. The predicted octanol–water partition coefficient (Wildman–Crippen LogP) is 2.29. The summed E-state index contributed by atoms with van der Waals surface area (Å²) in [5.74, 6) is 0.965. The van der Waals surface area contributed by atoms with Crippen LogP contribution in [0.15, 0.2) is 12.3 Å². The van der Waals surface area contributed by atoms with Crippen molar-refractivity contribution in [2.24, 2.45) is 5.92 Å². The van der Waals surface area contributed by atoms with Gasteiger partial charge < -0.3 is 4.90 Å². The zero-order valence-electron chi connectivity index (χ0n) is 9.53. The van der Waals surface area contributed by atoms with E-state index in [9.17, 15) is 4.79 Å². The van der Waals surface area contributed by atoms with Crippen LogP contribution in [0.25, 0.3) is 0 Å². The van der Waals surface area contributed by atoms with E-state index in [1.165, 1.54) is 0 Å². The second-order valence-corrected chi connectivity index (χ2v) is 4.63. The van der Waals surface area contributed by atoms with Gasteiger partial charge in [-0.15, -0.1) is 11.6 Å². The summed E-state index contributed by atoms with van der Waals surface area (Å²) in [6.45, 7) is 4.68. The Morgan fingerprint density at radius 2 is 2.31 bits per heavy atom. The fourth-order valence-electron chi connectivity index (χ4n) is 1.91. The Hall–Kier alpha value is -1.09. The molecule has 86 valence electrons. The molecular formula is C12H15ClN2O. The van der Waals surface area contributed by atoms with Gasteiger partial charge >= 0.3 is 0 Å². The van der Waals surface area contributed by atoms with E-state index in [0.29, 0.717) is 18.8 Å². The Kier molecular flexibility index (Phi) is 3.15. The van der Waals surface area contributed by atoms with Gasteiger partial charge in [0.1, 0.15) is 0 Å². The summed E-state index contributed by atoms with van der Waals surface area (Å²) >= 11 is 5.79. The topological polar surface area (TPSA) is 33.2 Å². The highest BCUT2D eigenvalue weighted by molar-refractivity contribution is 6.18. The molecule has 2 heterocycles. The lowest BCUT2D eigenvalue weighted by molar-refractivity contribution is -0.117. The Balaban J connectivity index is 2.24. The van der Waals surface area contributed by atoms with Gasteiger partial charge in [-0.3, -0.25) is 9.78 Å². The van der Waals surface area contributed by atoms with E-state index in [2.05, 4.69) is 4.98 Å². The standard InChI is InChI=1S/C12H15ClN2O/c1-8-3-11(6-14-9(8)2)15-7-10(5-13)4-12(15)16/h3,6,10H,4-5,7H2,1-2H3. The molecule has 2 rings (SSSR count). The van der Waals surface area contributed by atoms with Crippen LogP contribution in [0, 0.1) is 19.8 Å². The summed E-state index contributed by atoms with van der Waals surface area (Å²) in [6, 6.07) is 2.01. The van der Waals surface area contributed by atoms with Gasteiger partial charge in [0.15, 0.2) is 0 Å². The number of rotatable bonds is 2. The molecular weight excluding hydrogens is 224 g/mol. The van der Waals surface area contributed by atoms with Crippen molar-refractivity contribution in [3.8, 4) is 0 Å². The quantitative estimate of drug-likeness (QED) is 0.741. The molecule has 1 aliphatic heterocycles. The SMILES string of the molecule is Cc1cc(N2CC(CCl)CC2=O)cnc1C. The van der Waals surface area contributed by atoms with Crippen LogP contribution in [-0.4, -0.2) is 23.3 Å². The number of pyridine rings is 1. The molecule has 0 radical (unpaired) electrons. The smallest absolute Gasteiger partial charge is 0.227 e. The van der Waals surface area contributed by atoms with Crippen LogP contribution >= 0.6 is 11.6 Å². The van der Waals surface area contributed by atoms with E-state index in [4.69, 9.17) is 11.6 Å². The van der Waals surface area contributed by atoms with Crippen molar-refractivity contribution in [3.63, 3.8) is 0 Å². The average Bonchev–Trinajstić information content (AvgIpc) is 2.64. The van der Waals surface area contributed by atoms with Crippen molar-refractivity contribution in [3.05, 3.63) is 23.5 Å². The van der Waals surface area contributed by atoms with Gasteiger partial charge in [0, 0.05) is 24.5 Å². The Bertz CT molecular complexity index is 419. The third kappa shape index (κ3) is 2.05. The van der Waals surface area contributed by atoms with Crippen LogP contribution in [0.2, 0.25) is 0 Å². The zero-order chi connectivity index (χ0) is 11.7. The molecule has 16 heavy (non-hydrogen) atoms. The molecule has 0 saturated carbocycles. The van der Waals surface area contributed by atoms with Crippen molar-refractivity contribution in [1.29, 1.82) is 0 Å². The number of halogens is 1. The molecule has 0 aromatic carbocycles. The van der Waals surface area contributed by atoms with E-state index >= 15 is 0 Å². The summed E-state index contributed by atoms with van der Waals surface area (Å²) < 4.78 is 0. The Morgan fingerprint density at radius 3 is 2.88 bits per heavy atom. The van der Waals surface area contributed by atoms with Crippen molar-refractivity contribution < 1.29 is 4.79 Å². The molecule has 1 amide bonds. The molecule has 0 aliphatic carbocycles. The van der Waals surface area contributed by atoms with E-state index in [-0.39, 0.29) is 11.8 Å². The van der Waals surface area contributed by atoms with Gasteiger partial charge in [0.2, 0.25) is 5.91 Å². The number of carbonyl (C=O) groups is 1. The van der Waals surface area contributed by atoms with Gasteiger partial charge in [-0.1, -0.05) is 0 Å². The summed E-state index contributed by atoms with van der Waals surface area (Å²) in [6.07, 6.45) is 2.31. The Labute approximate surface area is 100 Å². The largest absolute Gasteiger partial charge is 0.311 e. The summed E-state index contributed by atoms with van der Waals surface area (Å²) in [4.78, 5) is 17.8. The molecule has 1 aromatic rings.